The summed E-state index contributed by atoms with van der Waals surface area (Å²) >= 11 is -5.37. The molecule has 2 aliphatic rings. The van der Waals surface area contributed by atoms with Gasteiger partial charge >= 0.3 is 213 Å². The van der Waals surface area contributed by atoms with Gasteiger partial charge in [-0.3, -0.25) is 0 Å². The van der Waals surface area contributed by atoms with Gasteiger partial charge in [0.1, 0.15) is 0 Å². The third-order valence-electron chi connectivity index (χ3n) is 5.11. The van der Waals surface area contributed by atoms with Crippen molar-refractivity contribution in [3.63, 3.8) is 0 Å². The van der Waals surface area contributed by atoms with Gasteiger partial charge < -0.3 is 0 Å². The average Bonchev–Trinajstić information content (AvgIpc) is 3.49. The maximum absolute atomic E-state index is 13.3. The van der Waals surface area contributed by atoms with Crippen molar-refractivity contribution in [3.05, 3.63) is 97.1 Å². The fourth-order valence-corrected chi connectivity index (χ4v) is 14.1. The van der Waals surface area contributed by atoms with E-state index in [-0.39, 0.29) is 44.8 Å². The Labute approximate surface area is 212 Å². The molecule has 0 bridgehead atoms. The van der Waals surface area contributed by atoms with Gasteiger partial charge in [-0.1, -0.05) is 0 Å². The molecule has 0 aromatic heterocycles. The molecule has 4 rings (SSSR count). The topological polar surface area (TPSA) is 18.5 Å². The van der Waals surface area contributed by atoms with Crippen LogP contribution in [0.25, 0.3) is 0 Å². The third kappa shape index (κ3) is 6.68. The molecule has 0 radical (unpaired) electrons. The second kappa shape index (κ2) is 10.6. The van der Waals surface area contributed by atoms with Gasteiger partial charge in [0.2, 0.25) is 0 Å². The van der Waals surface area contributed by atoms with E-state index in [1.54, 1.807) is 36.4 Å². The van der Waals surface area contributed by atoms with E-state index >= 15 is 0 Å². The van der Waals surface area contributed by atoms with Crippen molar-refractivity contribution in [2.24, 2.45) is 0 Å². The van der Waals surface area contributed by atoms with Gasteiger partial charge in [0.15, 0.2) is 0 Å². The van der Waals surface area contributed by atoms with E-state index < -0.39 is 39.4 Å². The summed E-state index contributed by atoms with van der Waals surface area (Å²) in [6, 6.07) is 11.5. The zero-order valence-corrected chi connectivity index (χ0v) is 21.9. The van der Waals surface area contributed by atoms with Gasteiger partial charge in [0, 0.05) is 0 Å². The number of hydrogen-bond acceptors (Lipinski definition) is 4. The molecule has 0 saturated carbocycles. The molecular formula is C24H18F6O2S2Zr. The van der Waals surface area contributed by atoms with Crippen LogP contribution in [-0.4, -0.2) is 11.0 Å². The number of halogens is 6. The number of alkyl halides is 6. The van der Waals surface area contributed by atoms with Crippen LogP contribution in [0.1, 0.15) is 0 Å². The molecule has 0 unspecified atom stereocenters. The average molecular weight is 608 g/mol. The first-order valence-corrected chi connectivity index (χ1v) is 16.8. The molecule has 0 spiro atoms. The predicted octanol–water partition coefficient (Wildman–Crippen LogP) is 9.18. The predicted molar refractivity (Wildman–Crippen MR) is 122 cm³/mol. The maximum atomic E-state index is 13.3. The van der Waals surface area contributed by atoms with Gasteiger partial charge in [-0.25, -0.2) is 0 Å². The molecule has 0 aliphatic heterocycles. The van der Waals surface area contributed by atoms with Crippen LogP contribution in [0.4, 0.5) is 26.3 Å². The van der Waals surface area contributed by atoms with E-state index in [2.05, 4.69) is 0 Å². The second-order valence-electron chi connectivity index (χ2n) is 7.51. The summed E-state index contributed by atoms with van der Waals surface area (Å²) < 4.78 is 91.7. The van der Waals surface area contributed by atoms with Crippen molar-refractivity contribution in [3.8, 4) is 11.5 Å². The fraction of sp³-hybridized carbons (Fsp3) is 0.167. The van der Waals surface area contributed by atoms with Crippen LogP contribution in [0.2, 0.25) is 7.25 Å². The quantitative estimate of drug-likeness (QED) is 0.220. The Morgan fingerprint density at radius 2 is 0.914 bits per heavy atom. The number of rotatable bonds is 8. The van der Waals surface area contributed by atoms with Gasteiger partial charge in [-0.2, -0.15) is 0 Å². The molecule has 0 fully saturated rings. The number of hydrogen-bond donors (Lipinski definition) is 0. The zero-order valence-electron chi connectivity index (χ0n) is 17.8. The molecule has 2 nitrogen and oxygen atoms in total. The molecule has 0 heterocycles. The molecule has 0 saturated heterocycles. The summed E-state index contributed by atoms with van der Waals surface area (Å²) in [5.74, 6) is -0.0111. The van der Waals surface area contributed by atoms with E-state index in [1.807, 2.05) is 24.3 Å². The van der Waals surface area contributed by atoms with Crippen LogP contribution in [0, 0.1) is 0 Å². The van der Waals surface area contributed by atoms with E-state index in [4.69, 9.17) is 5.63 Å². The normalized spacial score (nSPS) is 16.4. The summed E-state index contributed by atoms with van der Waals surface area (Å²) in [4.78, 5) is -0.279. The fourth-order valence-electron chi connectivity index (χ4n) is 3.75. The number of para-hydroxylation sites is 2. The molecule has 35 heavy (non-hydrogen) atoms. The molecule has 2 aromatic rings. The Bertz CT molecular complexity index is 1060. The molecular weight excluding hydrogens is 590 g/mol. The molecule has 0 atom stereocenters. The van der Waals surface area contributed by atoms with Crippen LogP contribution in [0.15, 0.2) is 107 Å². The van der Waals surface area contributed by atoms with Crippen LogP contribution >= 0.6 is 23.5 Å². The van der Waals surface area contributed by atoms with Crippen LogP contribution < -0.4 is 5.63 Å². The molecule has 2 aromatic carbocycles. The zero-order chi connectivity index (χ0) is 25.1. The van der Waals surface area contributed by atoms with Gasteiger partial charge in [0.25, 0.3) is 0 Å². The minimum absolute atomic E-state index is 0.00557. The van der Waals surface area contributed by atoms with Crippen molar-refractivity contribution in [2.45, 2.75) is 28.1 Å². The Balaban J connectivity index is 1.82. The third-order valence-corrected chi connectivity index (χ3v) is 15.8. The van der Waals surface area contributed by atoms with Crippen molar-refractivity contribution < 1.29 is 53.1 Å². The molecule has 0 N–H and O–H groups in total. The van der Waals surface area contributed by atoms with E-state index in [9.17, 15) is 26.3 Å². The summed E-state index contributed by atoms with van der Waals surface area (Å²) in [7, 11) is 0. The number of allylic oxidation sites excluding steroid dienone is 8. The Morgan fingerprint density at radius 3 is 1.26 bits per heavy atom. The van der Waals surface area contributed by atoms with Gasteiger partial charge in [0.05, 0.1) is 0 Å². The summed E-state index contributed by atoms with van der Waals surface area (Å²) in [5.41, 5.74) is -9.09. The first-order chi connectivity index (χ1) is 16.6. The summed E-state index contributed by atoms with van der Waals surface area (Å²) in [6.45, 7) is 0. The second-order valence-corrected chi connectivity index (χ2v) is 17.5. The van der Waals surface area contributed by atoms with E-state index in [0.29, 0.717) is 0 Å². The molecule has 11 heteroatoms. The van der Waals surface area contributed by atoms with Gasteiger partial charge in [-0.05, 0) is 0 Å². The van der Waals surface area contributed by atoms with Crippen LogP contribution in [0.3, 0.4) is 0 Å². The van der Waals surface area contributed by atoms with Crippen molar-refractivity contribution in [2.75, 3.05) is 0 Å². The first kappa shape index (κ1) is 26.2. The molecule has 2 aliphatic carbocycles. The summed E-state index contributed by atoms with van der Waals surface area (Å²) in [5, 5.41) is 0. The SMILES string of the molecule is FC(F)(F)Sc1ccccc1[O][Zr]([O]c1ccccc1SC(F)(F)F)([CH]1C=CC=C1)[CH]1C=CC=C1. The molecule has 184 valence electrons. The first-order valence-electron chi connectivity index (χ1n) is 10.3. The van der Waals surface area contributed by atoms with Crippen molar-refractivity contribution >= 4 is 23.5 Å². The van der Waals surface area contributed by atoms with Crippen molar-refractivity contribution in [1.82, 2.24) is 0 Å². The summed E-state index contributed by atoms with van der Waals surface area (Å²) in [6.07, 6.45) is 14.4. The number of thioether (sulfide) groups is 2. The van der Waals surface area contributed by atoms with E-state index in [0.717, 1.165) is 0 Å². The number of benzene rings is 2. The van der Waals surface area contributed by atoms with Crippen LogP contribution in [-0.2, 0) is 21.1 Å². The monoisotopic (exact) mass is 606 g/mol. The molecule has 0 amide bonds. The Kier molecular flexibility index (Phi) is 7.98. The standard InChI is InChI=1S/2C7H5F3OS.2C5H5.Zr/c2*8-7(9,10)12-6-4-2-1-3-5(6)11;2*1-2-4-5-3-1;/h2*1-4,11H;2*1-5H;/q;;;;+2/p-2. The Hall–Kier alpha value is -1.84. The minimum atomic E-state index is -4.77. The van der Waals surface area contributed by atoms with Crippen molar-refractivity contribution in [1.29, 1.82) is 0 Å². The Morgan fingerprint density at radius 1 is 0.571 bits per heavy atom. The van der Waals surface area contributed by atoms with Crippen LogP contribution in [0.5, 0.6) is 11.5 Å². The van der Waals surface area contributed by atoms with E-state index in [1.165, 1.54) is 36.4 Å². The van der Waals surface area contributed by atoms with Gasteiger partial charge in [-0.15, -0.1) is 0 Å².